The molecule has 1 aromatic carbocycles. The summed E-state index contributed by atoms with van der Waals surface area (Å²) in [7, 11) is -3.73. The molecule has 8 nitrogen and oxygen atoms in total. The van der Waals surface area contributed by atoms with Gasteiger partial charge in [0.15, 0.2) is 10.7 Å². The Morgan fingerprint density at radius 2 is 2.12 bits per heavy atom. The molecule has 1 heterocycles. The molecular weight excluding hydrogens is 364 g/mol. The summed E-state index contributed by atoms with van der Waals surface area (Å²) in [6.07, 6.45) is 2.70. The Balaban J connectivity index is 2.09. The van der Waals surface area contributed by atoms with Crippen molar-refractivity contribution in [3.05, 3.63) is 47.6 Å². The average molecular weight is 378 g/mol. The summed E-state index contributed by atoms with van der Waals surface area (Å²) < 4.78 is 31.5. The van der Waals surface area contributed by atoms with Crippen LogP contribution in [0.4, 0.5) is 10.8 Å². The molecule has 0 fully saturated rings. The summed E-state index contributed by atoms with van der Waals surface area (Å²) in [5, 5.41) is 13.6. The van der Waals surface area contributed by atoms with Gasteiger partial charge in [-0.25, -0.2) is 18.2 Å². The lowest BCUT2D eigenvalue weighted by atomic mass is 10.3. The normalized spacial score (nSPS) is 11.4. The predicted molar refractivity (Wildman–Crippen MR) is 93.3 cm³/mol. The monoisotopic (exact) mass is 378 g/mol. The van der Waals surface area contributed by atoms with E-state index in [1.165, 1.54) is 48.0 Å². The van der Waals surface area contributed by atoms with E-state index in [4.69, 9.17) is 10.00 Å². The lowest BCUT2D eigenvalue weighted by Crippen LogP contribution is -2.12. The number of carbonyl (C=O) groups excluding carboxylic acids is 1. The zero-order chi connectivity index (χ0) is 18.3. The Bertz CT molecular complexity index is 898. The number of ether oxygens (including phenoxy) is 1. The number of carbonyl (C=O) groups is 1. The summed E-state index contributed by atoms with van der Waals surface area (Å²) in [6, 6.07) is 7.53. The van der Waals surface area contributed by atoms with Crippen molar-refractivity contribution in [2.24, 2.45) is 0 Å². The third-order valence-electron chi connectivity index (χ3n) is 2.82. The number of anilines is 2. The molecule has 0 aliphatic rings. The van der Waals surface area contributed by atoms with Crippen LogP contribution in [0.25, 0.3) is 0 Å². The lowest BCUT2D eigenvalue weighted by Gasteiger charge is -2.07. The van der Waals surface area contributed by atoms with E-state index < -0.39 is 16.0 Å². The summed E-state index contributed by atoms with van der Waals surface area (Å²) in [5.74, 6) is -0.732. The van der Waals surface area contributed by atoms with E-state index in [0.29, 0.717) is 5.69 Å². The molecule has 0 unspecified atom stereocenters. The van der Waals surface area contributed by atoms with Crippen LogP contribution < -0.4 is 10.0 Å². The number of sulfonamides is 1. The molecule has 25 heavy (non-hydrogen) atoms. The predicted octanol–water partition coefficient (Wildman–Crippen LogP) is 2.33. The Hall–Kier alpha value is -2.90. The summed E-state index contributed by atoms with van der Waals surface area (Å²) in [6.45, 7) is 1.80. The highest BCUT2D eigenvalue weighted by molar-refractivity contribution is 7.93. The van der Waals surface area contributed by atoms with Crippen molar-refractivity contribution in [3.8, 4) is 6.07 Å². The van der Waals surface area contributed by atoms with E-state index in [1.54, 1.807) is 18.4 Å². The fourth-order valence-corrected chi connectivity index (χ4v) is 3.47. The lowest BCUT2D eigenvalue weighted by molar-refractivity contribution is -0.138. The van der Waals surface area contributed by atoms with Crippen molar-refractivity contribution in [1.29, 1.82) is 5.26 Å². The third-order valence-corrected chi connectivity index (χ3v) is 4.99. The number of rotatable bonds is 7. The van der Waals surface area contributed by atoms with Gasteiger partial charge in [0, 0.05) is 23.5 Å². The molecule has 2 rings (SSSR count). The van der Waals surface area contributed by atoms with Gasteiger partial charge in [-0.15, -0.1) is 11.3 Å². The first-order valence-electron chi connectivity index (χ1n) is 7.02. The van der Waals surface area contributed by atoms with E-state index in [2.05, 4.69) is 15.0 Å². The fourth-order valence-electron chi connectivity index (χ4n) is 1.68. The van der Waals surface area contributed by atoms with Crippen molar-refractivity contribution in [2.75, 3.05) is 16.6 Å². The molecule has 0 radical (unpaired) electrons. The van der Waals surface area contributed by atoms with Crippen LogP contribution in [0.2, 0.25) is 0 Å². The summed E-state index contributed by atoms with van der Waals surface area (Å²) in [4.78, 5) is 15.4. The number of benzene rings is 1. The second-order valence-electron chi connectivity index (χ2n) is 4.50. The number of nitriles is 1. The topological polar surface area (TPSA) is 121 Å². The van der Waals surface area contributed by atoms with Crippen molar-refractivity contribution in [3.63, 3.8) is 0 Å². The molecule has 0 saturated carbocycles. The number of aromatic nitrogens is 1. The molecule has 10 heteroatoms. The molecule has 0 aliphatic heterocycles. The molecule has 0 bridgehead atoms. The van der Waals surface area contributed by atoms with Crippen molar-refractivity contribution in [2.45, 2.75) is 11.8 Å². The Morgan fingerprint density at radius 1 is 1.40 bits per heavy atom. The number of nitrogens with one attached hydrogen (secondary N) is 2. The van der Waals surface area contributed by atoms with Crippen LogP contribution >= 0.6 is 11.3 Å². The van der Waals surface area contributed by atoms with E-state index >= 15 is 0 Å². The minimum atomic E-state index is -3.73. The maximum absolute atomic E-state index is 12.2. The maximum Gasteiger partial charge on any atom is 0.350 e. The number of esters is 1. The average Bonchev–Trinajstić information content (AvgIpc) is 3.08. The van der Waals surface area contributed by atoms with Crippen LogP contribution in [0.3, 0.4) is 0 Å². The van der Waals surface area contributed by atoms with E-state index in [1.807, 2.05) is 0 Å². The van der Waals surface area contributed by atoms with Gasteiger partial charge in [-0.2, -0.15) is 5.26 Å². The summed E-state index contributed by atoms with van der Waals surface area (Å²) in [5.41, 5.74) is 0.314. The van der Waals surface area contributed by atoms with Gasteiger partial charge in [-0.3, -0.25) is 4.72 Å². The first-order valence-corrected chi connectivity index (χ1v) is 9.39. The largest absolute Gasteiger partial charge is 0.462 e. The second-order valence-corrected chi connectivity index (χ2v) is 7.08. The zero-order valence-electron chi connectivity index (χ0n) is 13.1. The molecule has 0 amide bonds. The van der Waals surface area contributed by atoms with Crippen LogP contribution in [-0.4, -0.2) is 26.0 Å². The van der Waals surface area contributed by atoms with Crippen molar-refractivity contribution < 1.29 is 17.9 Å². The standard InChI is InChI=1S/C15H14N4O4S2/c1-2-23-14(20)11(9-16)10-18-12-3-5-13(6-4-12)25(21,22)19-15-17-7-8-24-15/h3-8,10,18H,2H2,1H3,(H,17,19). The number of thiazole rings is 1. The molecule has 0 atom stereocenters. The van der Waals surface area contributed by atoms with Crippen molar-refractivity contribution >= 4 is 38.1 Å². The van der Waals surface area contributed by atoms with Gasteiger partial charge >= 0.3 is 5.97 Å². The Morgan fingerprint density at radius 3 is 2.68 bits per heavy atom. The fraction of sp³-hybridized carbons (Fsp3) is 0.133. The van der Waals surface area contributed by atoms with Gasteiger partial charge < -0.3 is 10.1 Å². The van der Waals surface area contributed by atoms with E-state index in [-0.39, 0.29) is 22.2 Å². The molecule has 1 aromatic heterocycles. The summed E-state index contributed by atoms with van der Waals surface area (Å²) >= 11 is 1.17. The molecule has 0 aliphatic carbocycles. The van der Waals surface area contributed by atoms with E-state index in [9.17, 15) is 13.2 Å². The number of hydrogen-bond acceptors (Lipinski definition) is 8. The third kappa shape index (κ3) is 5.03. The molecule has 0 saturated heterocycles. The molecule has 130 valence electrons. The molecule has 2 N–H and O–H groups in total. The first kappa shape index (κ1) is 18.4. The number of hydrogen-bond donors (Lipinski definition) is 2. The Kier molecular flexibility index (Phi) is 6.10. The van der Waals surface area contributed by atoms with Crippen LogP contribution in [0, 0.1) is 11.3 Å². The van der Waals surface area contributed by atoms with Crippen molar-refractivity contribution in [1.82, 2.24) is 4.98 Å². The van der Waals surface area contributed by atoms with Gasteiger partial charge in [-0.05, 0) is 31.2 Å². The van der Waals surface area contributed by atoms with Gasteiger partial charge in [0.2, 0.25) is 0 Å². The highest BCUT2D eigenvalue weighted by Gasteiger charge is 2.15. The van der Waals surface area contributed by atoms with E-state index in [0.717, 1.165) is 0 Å². The second kappa shape index (κ2) is 8.27. The molecule has 2 aromatic rings. The van der Waals surface area contributed by atoms with Crippen LogP contribution in [0.15, 0.2) is 52.5 Å². The van der Waals surface area contributed by atoms with Gasteiger partial charge in [0.1, 0.15) is 6.07 Å². The smallest absolute Gasteiger partial charge is 0.350 e. The number of nitrogens with zero attached hydrogens (tertiary/aromatic N) is 2. The van der Waals surface area contributed by atoms with Crippen LogP contribution in [0.5, 0.6) is 0 Å². The molecule has 0 spiro atoms. The highest BCUT2D eigenvalue weighted by atomic mass is 32.2. The van der Waals surface area contributed by atoms with Gasteiger partial charge in [0.05, 0.1) is 11.5 Å². The minimum absolute atomic E-state index is 0.0585. The van der Waals surface area contributed by atoms with Gasteiger partial charge in [-0.1, -0.05) is 0 Å². The van der Waals surface area contributed by atoms with Crippen LogP contribution in [-0.2, 0) is 19.6 Å². The van der Waals surface area contributed by atoms with Crippen LogP contribution in [0.1, 0.15) is 6.92 Å². The highest BCUT2D eigenvalue weighted by Crippen LogP contribution is 2.19. The van der Waals surface area contributed by atoms with Gasteiger partial charge in [0.25, 0.3) is 10.0 Å². The SMILES string of the molecule is CCOC(=O)C(C#N)=CNc1ccc(S(=O)(=O)Nc2nccs2)cc1. The molecular formula is C15H14N4O4S2. The first-order chi connectivity index (χ1) is 12.0. The zero-order valence-corrected chi connectivity index (χ0v) is 14.7. The maximum atomic E-state index is 12.2. The Labute approximate surface area is 148 Å². The quantitative estimate of drug-likeness (QED) is 0.431. The minimum Gasteiger partial charge on any atom is -0.462 e.